The Morgan fingerprint density at radius 2 is 1.67 bits per heavy atom. The van der Waals surface area contributed by atoms with Crippen LogP contribution in [0, 0.1) is 23.2 Å². The number of rotatable bonds is 5. The van der Waals surface area contributed by atoms with E-state index in [9.17, 15) is 23.1 Å². The van der Waals surface area contributed by atoms with Crippen molar-refractivity contribution in [2.75, 3.05) is 6.54 Å². The highest BCUT2D eigenvalue weighted by Gasteiger charge is 2.51. The third kappa shape index (κ3) is 4.84. The van der Waals surface area contributed by atoms with E-state index in [4.69, 9.17) is 5.26 Å². The molecule has 0 spiro atoms. The maximum Gasteiger partial charge on any atom is 0.421 e. The molecule has 5 nitrogen and oxygen atoms in total. The number of amides is 1. The first-order valence-corrected chi connectivity index (χ1v) is 11.5. The van der Waals surface area contributed by atoms with Crippen LogP contribution in [0.1, 0.15) is 61.4 Å². The molecule has 1 aromatic carbocycles. The number of alkyl halides is 3. The van der Waals surface area contributed by atoms with Crippen molar-refractivity contribution in [1.82, 2.24) is 4.90 Å². The Morgan fingerprint density at radius 1 is 1.09 bits per heavy atom. The second kappa shape index (κ2) is 8.94. The van der Waals surface area contributed by atoms with Crippen LogP contribution in [0.2, 0.25) is 0 Å². The van der Waals surface area contributed by atoms with Gasteiger partial charge in [-0.05, 0) is 81.1 Å². The summed E-state index contributed by atoms with van der Waals surface area (Å²) in [6.45, 7) is 1.35. The largest absolute Gasteiger partial charge is 0.421 e. The fourth-order valence-electron chi connectivity index (χ4n) is 4.95. The van der Waals surface area contributed by atoms with Crippen LogP contribution in [0.15, 0.2) is 41.4 Å². The van der Waals surface area contributed by atoms with Crippen molar-refractivity contribution in [3.63, 3.8) is 0 Å². The quantitative estimate of drug-likeness (QED) is 0.689. The lowest BCUT2D eigenvalue weighted by atomic mass is 9.77. The summed E-state index contributed by atoms with van der Waals surface area (Å²) in [6, 6.07) is 7.52. The smallest absolute Gasteiger partial charge is 0.376 e. The zero-order valence-electron chi connectivity index (χ0n) is 18.6. The van der Waals surface area contributed by atoms with E-state index in [-0.39, 0.29) is 23.6 Å². The van der Waals surface area contributed by atoms with Gasteiger partial charge in [0.25, 0.3) is 5.91 Å². The van der Waals surface area contributed by atoms with Crippen molar-refractivity contribution in [3.05, 3.63) is 47.5 Å². The highest BCUT2D eigenvalue weighted by atomic mass is 19.4. The molecular formula is C25H28F3N3O2. The number of aliphatic imine (C=N–C) groups is 1. The molecule has 4 rings (SSSR count). The van der Waals surface area contributed by atoms with E-state index in [1.165, 1.54) is 24.3 Å². The Labute approximate surface area is 191 Å². The summed E-state index contributed by atoms with van der Waals surface area (Å²) in [6.07, 6.45) is 4.68. The van der Waals surface area contributed by atoms with Crippen molar-refractivity contribution in [2.45, 2.75) is 69.3 Å². The molecule has 0 bridgehead atoms. The van der Waals surface area contributed by atoms with Crippen LogP contribution in [-0.2, 0) is 5.60 Å². The third-order valence-corrected chi connectivity index (χ3v) is 7.25. The molecule has 1 unspecified atom stereocenters. The van der Waals surface area contributed by atoms with E-state index in [2.05, 4.69) is 17.1 Å². The summed E-state index contributed by atoms with van der Waals surface area (Å²) in [5, 5.41) is 18.8. The number of carbonyl (C=O) groups is 1. The van der Waals surface area contributed by atoms with Gasteiger partial charge in [0.1, 0.15) is 11.8 Å². The van der Waals surface area contributed by atoms with E-state index in [1.54, 1.807) is 6.08 Å². The monoisotopic (exact) mass is 459 g/mol. The molecule has 2 saturated carbocycles. The normalized spacial score (nSPS) is 27.3. The number of hydrogen-bond donors (Lipinski definition) is 1. The standard InChI is InChI=1S/C25H28F3N3O2/c1-24(33,25(26,27)28)19-7-2-17(3-8-19)23(32)31(22-12-13-22)21-10-5-16(6-11-21)18-4-9-20(14-29)30-15-18/h2-4,7-9,16,18,21-22,33H,5-6,10-13,15H2,1H3/t16-,18?,21-,24-/m0/s1. The molecule has 176 valence electrons. The first-order chi connectivity index (χ1) is 15.6. The average molecular weight is 460 g/mol. The lowest BCUT2D eigenvalue weighted by Gasteiger charge is -2.39. The van der Waals surface area contributed by atoms with E-state index in [1.807, 2.05) is 4.90 Å². The molecule has 1 heterocycles. The van der Waals surface area contributed by atoms with E-state index < -0.39 is 11.8 Å². The van der Waals surface area contributed by atoms with Crippen LogP contribution in [0.5, 0.6) is 0 Å². The molecule has 8 heteroatoms. The molecule has 2 atom stereocenters. The second-order valence-electron chi connectivity index (χ2n) is 9.52. The number of nitrogens with zero attached hydrogens (tertiary/aromatic N) is 3. The molecule has 0 aromatic heterocycles. The van der Waals surface area contributed by atoms with Gasteiger partial charge in [-0.3, -0.25) is 9.79 Å². The molecule has 1 aromatic rings. The third-order valence-electron chi connectivity index (χ3n) is 7.25. The number of carbonyl (C=O) groups excluding carboxylic acids is 1. The molecule has 2 aliphatic carbocycles. The van der Waals surface area contributed by atoms with Gasteiger partial charge in [0.15, 0.2) is 5.60 Å². The fraction of sp³-hybridized carbons (Fsp3) is 0.560. The van der Waals surface area contributed by atoms with Crippen LogP contribution in [-0.4, -0.2) is 46.4 Å². The fourth-order valence-corrected chi connectivity index (χ4v) is 4.95. The maximum atomic E-state index is 13.3. The second-order valence-corrected chi connectivity index (χ2v) is 9.52. The summed E-state index contributed by atoms with van der Waals surface area (Å²) in [7, 11) is 0. The molecule has 0 radical (unpaired) electrons. The van der Waals surface area contributed by atoms with Crippen molar-refractivity contribution in [2.24, 2.45) is 16.8 Å². The van der Waals surface area contributed by atoms with Gasteiger partial charge in [0.2, 0.25) is 0 Å². The first kappa shape index (κ1) is 23.5. The van der Waals surface area contributed by atoms with Gasteiger partial charge in [-0.15, -0.1) is 0 Å². The van der Waals surface area contributed by atoms with E-state index >= 15 is 0 Å². The Bertz CT molecular complexity index is 980. The number of hydrogen-bond acceptors (Lipinski definition) is 4. The van der Waals surface area contributed by atoms with Gasteiger partial charge in [-0.2, -0.15) is 18.4 Å². The summed E-state index contributed by atoms with van der Waals surface area (Å²) in [5.74, 6) is 0.642. The van der Waals surface area contributed by atoms with Crippen molar-refractivity contribution in [1.29, 1.82) is 5.26 Å². The summed E-state index contributed by atoms with van der Waals surface area (Å²) >= 11 is 0. The zero-order valence-corrected chi connectivity index (χ0v) is 18.6. The number of benzene rings is 1. The molecule has 1 N–H and O–H groups in total. The van der Waals surface area contributed by atoms with Gasteiger partial charge in [-0.1, -0.05) is 18.2 Å². The highest BCUT2D eigenvalue weighted by Crippen LogP contribution is 2.40. The molecule has 1 aliphatic heterocycles. The number of allylic oxidation sites excluding steroid dienone is 1. The Hall–Kier alpha value is -2.66. The first-order valence-electron chi connectivity index (χ1n) is 11.5. The van der Waals surface area contributed by atoms with Gasteiger partial charge < -0.3 is 10.0 Å². The number of aliphatic hydroxyl groups is 1. The van der Waals surface area contributed by atoms with Gasteiger partial charge in [0, 0.05) is 24.2 Å². The van der Waals surface area contributed by atoms with Gasteiger partial charge >= 0.3 is 6.18 Å². The van der Waals surface area contributed by atoms with Crippen molar-refractivity contribution in [3.8, 4) is 6.07 Å². The highest BCUT2D eigenvalue weighted by molar-refractivity contribution is 6.07. The molecule has 0 saturated heterocycles. The van der Waals surface area contributed by atoms with Crippen molar-refractivity contribution < 1.29 is 23.1 Å². The van der Waals surface area contributed by atoms with Crippen molar-refractivity contribution >= 4 is 11.6 Å². The Morgan fingerprint density at radius 3 is 2.12 bits per heavy atom. The predicted octanol–water partition coefficient (Wildman–Crippen LogP) is 4.77. The van der Waals surface area contributed by atoms with E-state index in [0.717, 1.165) is 38.5 Å². The minimum Gasteiger partial charge on any atom is -0.376 e. The van der Waals surface area contributed by atoms with E-state index in [0.29, 0.717) is 36.6 Å². The summed E-state index contributed by atoms with van der Waals surface area (Å²) < 4.78 is 39.3. The lowest BCUT2D eigenvalue weighted by Crippen LogP contribution is -2.44. The average Bonchev–Trinajstić information content (AvgIpc) is 3.64. The van der Waals surface area contributed by atoms with Gasteiger partial charge in [0.05, 0.1) is 0 Å². The van der Waals surface area contributed by atoms with Crippen LogP contribution >= 0.6 is 0 Å². The summed E-state index contributed by atoms with van der Waals surface area (Å²) in [5.41, 5.74) is -2.44. The van der Waals surface area contributed by atoms with Crippen LogP contribution < -0.4 is 0 Å². The minimum absolute atomic E-state index is 0.116. The zero-order chi connectivity index (χ0) is 23.8. The minimum atomic E-state index is -4.80. The number of dihydropyridines is 1. The predicted molar refractivity (Wildman–Crippen MR) is 118 cm³/mol. The Balaban J connectivity index is 1.42. The van der Waals surface area contributed by atoms with Crippen LogP contribution in [0.25, 0.3) is 0 Å². The molecular weight excluding hydrogens is 431 g/mol. The lowest BCUT2D eigenvalue weighted by molar-refractivity contribution is -0.258. The molecule has 3 aliphatic rings. The molecule has 1 amide bonds. The summed E-state index contributed by atoms with van der Waals surface area (Å²) in [4.78, 5) is 19.6. The Kier molecular flexibility index (Phi) is 6.37. The van der Waals surface area contributed by atoms with Crippen LogP contribution in [0.4, 0.5) is 13.2 Å². The SMILES string of the molecule is C[C@](O)(c1ccc(C(=O)N(C2CC2)[C@H]2CC[C@H](C3C=CC(C#N)=NC3)CC2)cc1)C(F)(F)F. The molecule has 33 heavy (non-hydrogen) atoms. The molecule has 2 fully saturated rings. The number of halogens is 3. The van der Waals surface area contributed by atoms with Gasteiger partial charge in [-0.25, -0.2) is 0 Å². The topological polar surface area (TPSA) is 76.7 Å². The van der Waals surface area contributed by atoms with Crippen LogP contribution in [0.3, 0.4) is 0 Å². The maximum absolute atomic E-state index is 13.3. The number of nitriles is 1.